The molecule has 6 heteroatoms. The molecule has 4 rings (SSSR count). The summed E-state index contributed by atoms with van der Waals surface area (Å²) in [5.41, 5.74) is 1.67. The molecule has 0 spiro atoms. The Morgan fingerprint density at radius 1 is 1.12 bits per heavy atom. The maximum atomic E-state index is 12.7. The van der Waals surface area contributed by atoms with Crippen LogP contribution >= 0.6 is 11.3 Å². The Morgan fingerprint density at radius 3 is 2.54 bits per heavy atom. The molecule has 2 atom stereocenters. The Labute approximate surface area is 154 Å². The molecule has 1 aliphatic carbocycles. The van der Waals surface area contributed by atoms with E-state index in [4.69, 9.17) is 4.74 Å². The van der Waals surface area contributed by atoms with Crippen LogP contribution < -0.4 is 9.64 Å². The number of hydrogen-bond acceptors (Lipinski definition) is 5. The maximum Gasteiger partial charge on any atom is 0.353 e. The lowest BCUT2D eigenvalue weighted by Crippen LogP contribution is -2.30. The predicted molar refractivity (Wildman–Crippen MR) is 98.2 cm³/mol. The van der Waals surface area contributed by atoms with Crippen molar-refractivity contribution in [2.75, 3.05) is 4.90 Å². The Balaban J connectivity index is 1.51. The summed E-state index contributed by atoms with van der Waals surface area (Å²) in [6.07, 6.45) is 3.30. The summed E-state index contributed by atoms with van der Waals surface area (Å²) < 4.78 is 5.31. The zero-order chi connectivity index (χ0) is 18.3. The van der Waals surface area contributed by atoms with Gasteiger partial charge in [0.15, 0.2) is 0 Å². The molecule has 2 amide bonds. The van der Waals surface area contributed by atoms with Crippen LogP contribution in [0.25, 0.3) is 0 Å². The van der Waals surface area contributed by atoms with Gasteiger partial charge in [-0.3, -0.25) is 14.5 Å². The molecule has 5 nitrogen and oxygen atoms in total. The highest BCUT2D eigenvalue weighted by Gasteiger charge is 2.48. The number of nitrogens with zero attached hydrogens (tertiary/aromatic N) is 1. The Kier molecular flexibility index (Phi) is 4.20. The third-order valence-electron chi connectivity index (χ3n) is 4.85. The van der Waals surface area contributed by atoms with E-state index < -0.39 is 5.97 Å². The van der Waals surface area contributed by atoms with Gasteiger partial charge in [0.25, 0.3) is 0 Å². The van der Waals surface area contributed by atoms with Gasteiger partial charge in [-0.1, -0.05) is 17.7 Å². The molecule has 2 aromatic rings. The van der Waals surface area contributed by atoms with Crippen molar-refractivity contribution >= 4 is 34.8 Å². The number of thiophene rings is 1. The number of ether oxygens (including phenoxy) is 1. The number of carbonyl (C=O) groups is 3. The predicted octanol–water partition coefficient (Wildman–Crippen LogP) is 3.81. The number of amides is 2. The minimum Gasteiger partial charge on any atom is -0.422 e. The van der Waals surface area contributed by atoms with E-state index in [1.807, 2.05) is 13.0 Å². The highest BCUT2D eigenvalue weighted by Crippen LogP contribution is 2.40. The number of carbonyl (C=O) groups excluding carboxylic acids is 3. The summed E-state index contributed by atoms with van der Waals surface area (Å²) in [6.45, 7) is 1.99. The molecule has 1 aliphatic heterocycles. The van der Waals surface area contributed by atoms with E-state index in [0.29, 0.717) is 29.2 Å². The van der Waals surface area contributed by atoms with Crippen LogP contribution in [0.4, 0.5) is 5.69 Å². The second-order valence-electron chi connectivity index (χ2n) is 6.58. The number of hydrogen-bond donors (Lipinski definition) is 0. The largest absolute Gasteiger partial charge is 0.422 e. The first-order chi connectivity index (χ1) is 12.5. The molecule has 26 heavy (non-hydrogen) atoms. The first kappa shape index (κ1) is 16.7. The minimum absolute atomic E-state index is 0.143. The van der Waals surface area contributed by atoms with Crippen LogP contribution in [0.15, 0.2) is 53.4 Å². The number of esters is 1. The lowest BCUT2D eigenvalue weighted by atomic mass is 9.82. The van der Waals surface area contributed by atoms with E-state index in [1.165, 1.54) is 16.2 Å². The monoisotopic (exact) mass is 367 g/mol. The number of fused-ring (bicyclic) bond motifs is 1. The second-order valence-corrected chi connectivity index (χ2v) is 7.52. The molecule has 2 aliphatic rings. The zero-order valence-corrected chi connectivity index (χ0v) is 15.0. The maximum absolute atomic E-state index is 12.7. The molecule has 0 radical (unpaired) electrons. The normalized spacial score (nSPS) is 22.2. The standard InChI is InChI=1S/C20H17NO4S/c1-12-4-9-15-16(11-12)19(23)21(18(15)22)13-5-7-14(8-6-13)25-20(24)17-3-2-10-26-17/h2-8,10,15-16H,9,11H2,1H3/t15-,16-/m1/s1. The van der Waals surface area contributed by atoms with E-state index in [1.54, 1.807) is 41.8 Å². The zero-order valence-electron chi connectivity index (χ0n) is 14.2. The minimum atomic E-state index is -0.423. The van der Waals surface area contributed by atoms with E-state index in [0.717, 1.165) is 5.57 Å². The van der Waals surface area contributed by atoms with Gasteiger partial charge < -0.3 is 4.74 Å². The van der Waals surface area contributed by atoms with Crippen molar-refractivity contribution in [2.24, 2.45) is 11.8 Å². The summed E-state index contributed by atoms with van der Waals surface area (Å²) in [4.78, 5) is 39.2. The highest BCUT2D eigenvalue weighted by molar-refractivity contribution is 7.12. The Morgan fingerprint density at radius 2 is 1.85 bits per heavy atom. The summed E-state index contributed by atoms with van der Waals surface area (Å²) in [5.74, 6) is -0.857. The molecule has 1 aromatic carbocycles. The van der Waals surface area contributed by atoms with Gasteiger partial charge in [0.05, 0.1) is 17.5 Å². The molecule has 0 bridgehead atoms. The van der Waals surface area contributed by atoms with Gasteiger partial charge >= 0.3 is 5.97 Å². The molecule has 1 aromatic heterocycles. The summed E-state index contributed by atoms with van der Waals surface area (Å²) in [6, 6.07) is 9.97. The topological polar surface area (TPSA) is 63.7 Å². The van der Waals surface area contributed by atoms with Crippen molar-refractivity contribution in [3.05, 3.63) is 58.3 Å². The van der Waals surface area contributed by atoms with Crippen LogP contribution in [-0.4, -0.2) is 17.8 Å². The molecule has 1 fully saturated rings. The Bertz CT molecular complexity index is 898. The van der Waals surface area contributed by atoms with Crippen LogP contribution in [0.2, 0.25) is 0 Å². The van der Waals surface area contributed by atoms with Crippen molar-refractivity contribution < 1.29 is 19.1 Å². The number of allylic oxidation sites excluding steroid dienone is 2. The lowest BCUT2D eigenvalue weighted by molar-refractivity contribution is -0.122. The fourth-order valence-corrected chi connectivity index (χ4v) is 4.11. The van der Waals surface area contributed by atoms with Gasteiger partial charge in [-0.15, -0.1) is 11.3 Å². The number of anilines is 1. The van der Waals surface area contributed by atoms with Crippen molar-refractivity contribution in [3.8, 4) is 5.75 Å². The average Bonchev–Trinajstić information content (AvgIpc) is 3.24. The molecular weight excluding hydrogens is 350 g/mol. The highest BCUT2D eigenvalue weighted by atomic mass is 32.1. The quantitative estimate of drug-likeness (QED) is 0.358. The molecule has 0 saturated carbocycles. The molecule has 132 valence electrons. The fraction of sp³-hybridized carbons (Fsp3) is 0.250. The average molecular weight is 367 g/mol. The molecular formula is C20H17NO4S. The SMILES string of the molecule is CC1=CC[C@H]2C(=O)N(c3ccc(OC(=O)c4cccs4)cc3)C(=O)[C@@H]2C1. The van der Waals surface area contributed by atoms with Crippen LogP contribution in [0, 0.1) is 11.8 Å². The van der Waals surface area contributed by atoms with E-state index in [2.05, 4.69) is 0 Å². The number of imide groups is 1. The lowest BCUT2D eigenvalue weighted by Gasteiger charge is -2.18. The van der Waals surface area contributed by atoms with Crippen molar-refractivity contribution in [1.82, 2.24) is 0 Å². The first-order valence-electron chi connectivity index (χ1n) is 8.44. The third-order valence-corrected chi connectivity index (χ3v) is 5.70. The fourth-order valence-electron chi connectivity index (χ4n) is 3.51. The second kappa shape index (κ2) is 6.53. The van der Waals surface area contributed by atoms with Crippen molar-refractivity contribution in [2.45, 2.75) is 19.8 Å². The van der Waals surface area contributed by atoms with E-state index >= 15 is 0 Å². The van der Waals surface area contributed by atoms with Gasteiger partial charge in [0, 0.05) is 0 Å². The molecule has 2 heterocycles. The Hall–Kier alpha value is -2.73. The van der Waals surface area contributed by atoms with Crippen LogP contribution in [0.1, 0.15) is 29.4 Å². The van der Waals surface area contributed by atoms with Crippen molar-refractivity contribution in [3.63, 3.8) is 0 Å². The van der Waals surface area contributed by atoms with E-state index in [-0.39, 0.29) is 23.7 Å². The van der Waals surface area contributed by atoms with Gasteiger partial charge in [-0.2, -0.15) is 0 Å². The summed E-state index contributed by atoms with van der Waals surface area (Å²) in [5, 5.41) is 1.81. The van der Waals surface area contributed by atoms with Gasteiger partial charge in [-0.25, -0.2) is 4.79 Å². The molecule has 1 saturated heterocycles. The smallest absolute Gasteiger partial charge is 0.353 e. The van der Waals surface area contributed by atoms with Crippen LogP contribution in [0.5, 0.6) is 5.75 Å². The third kappa shape index (κ3) is 2.86. The summed E-state index contributed by atoms with van der Waals surface area (Å²) in [7, 11) is 0. The van der Waals surface area contributed by atoms with Gasteiger partial charge in [0.1, 0.15) is 10.6 Å². The molecule has 0 N–H and O–H groups in total. The number of benzene rings is 1. The van der Waals surface area contributed by atoms with Gasteiger partial charge in [-0.05, 0) is 55.5 Å². The summed E-state index contributed by atoms with van der Waals surface area (Å²) >= 11 is 1.31. The van der Waals surface area contributed by atoms with Gasteiger partial charge in [0.2, 0.25) is 11.8 Å². The van der Waals surface area contributed by atoms with Crippen LogP contribution in [-0.2, 0) is 9.59 Å². The first-order valence-corrected chi connectivity index (χ1v) is 9.32. The van der Waals surface area contributed by atoms with Crippen LogP contribution in [0.3, 0.4) is 0 Å². The van der Waals surface area contributed by atoms with Crippen molar-refractivity contribution in [1.29, 1.82) is 0 Å². The molecule has 0 unspecified atom stereocenters. The number of rotatable bonds is 3. The van der Waals surface area contributed by atoms with E-state index in [9.17, 15) is 14.4 Å².